The van der Waals surface area contributed by atoms with Gasteiger partial charge in [-0.3, -0.25) is 0 Å². The molecule has 0 amide bonds. The Hall–Kier alpha value is -1.32. The van der Waals surface area contributed by atoms with E-state index in [2.05, 4.69) is 59.6 Å². The lowest BCUT2D eigenvalue weighted by atomic mass is 10.0. The highest BCUT2D eigenvalue weighted by Gasteiger charge is 2.19. The van der Waals surface area contributed by atoms with Gasteiger partial charge in [0.2, 0.25) is 0 Å². The van der Waals surface area contributed by atoms with Gasteiger partial charge < -0.3 is 4.57 Å². The minimum absolute atomic E-state index is 1.03. The molecule has 23 heavy (non-hydrogen) atoms. The molecule has 3 aromatic heterocycles. The van der Waals surface area contributed by atoms with Crippen LogP contribution in [0.25, 0.3) is 21.0 Å². The van der Waals surface area contributed by atoms with E-state index in [1.165, 1.54) is 58.7 Å². The van der Waals surface area contributed by atoms with Crippen LogP contribution in [-0.4, -0.2) is 4.57 Å². The third kappa shape index (κ3) is 3.61. The zero-order valence-electron chi connectivity index (χ0n) is 14.0. The Morgan fingerprint density at radius 1 is 0.913 bits per heavy atom. The molecule has 0 saturated carbocycles. The summed E-state index contributed by atoms with van der Waals surface area (Å²) in [5.74, 6) is 0. The minimum Gasteiger partial charge on any atom is -0.346 e. The maximum Gasteiger partial charge on any atom is 0.0672 e. The van der Waals surface area contributed by atoms with Crippen LogP contribution in [0.2, 0.25) is 0 Å². The number of hydrogen-bond acceptors (Lipinski definition) is 2. The average molecular weight is 344 g/mol. The highest BCUT2D eigenvalue weighted by atomic mass is 32.1. The molecule has 3 aromatic rings. The molecule has 122 valence electrons. The Morgan fingerprint density at radius 2 is 1.65 bits per heavy atom. The molecule has 3 rings (SSSR count). The zero-order valence-corrected chi connectivity index (χ0v) is 15.7. The Labute approximate surface area is 147 Å². The molecule has 0 fully saturated rings. The van der Waals surface area contributed by atoms with E-state index in [9.17, 15) is 0 Å². The summed E-state index contributed by atoms with van der Waals surface area (Å²) in [6.45, 7) is 5.55. The molecule has 0 saturated heterocycles. The summed E-state index contributed by atoms with van der Waals surface area (Å²) in [6, 6.07) is 8.85. The SMILES string of the molecule is CCCCCCc1cn(CC)c(-c2cccs2)c1-c1cccs1. The van der Waals surface area contributed by atoms with Gasteiger partial charge in [0.05, 0.1) is 10.6 Å². The van der Waals surface area contributed by atoms with Gasteiger partial charge in [0.15, 0.2) is 0 Å². The molecule has 0 unspecified atom stereocenters. The third-order valence-corrected chi connectivity index (χ3v) is 6.08. The summed E-state index contributed by atoms with van der Waals surface area (Å²) < 4.78 is 2.44. The highest BCUT2D eigenvalue weighted by molar-refractivity contribution is 7.14. The van der Waals surface area contributed by atoms with E-state index in [0.29, 0.717) is 0 Å². The standard InChI is InChI=1S/C20H25NS2/c1-3-5-6-7-10-16-15-21(4-2)20(18-12-9-14-23-18)19(16)17-11-8-13-22-17/h8-9,11-15H,3-7,10H2,1-2H3. The number of aryl methyl sites for hydroxylation is 2. The van der Waals surface area contributed by atoms with Crippen molar-refractivity contribution >= 4 is 22.7 Å². The van der Waals surface area contributed by atoms with E-state index in [-0.39, 0.29) is 0 Å². The van der Waals surface area contributed by atoms with Crippen LogP contribution in [0, 0.1) is 0 Å². The molecule has 0 radical (unpaired) electrons. The van der Waals surface area contributed by atoms with Crippen molar-refractivity contribution in [3.8, 4) is 21.0 Å². The largest absolute Gasteiger partial charge is 0.346 e. The van der Waals surface area contributed by atoms with E-state index in [4.69, 9.17) is 0 Å². The average Bonchev–Trinajstić information content (AvgIpc) is 3.30. The molecule has 1 nitrogen and oxygen atoms in total. The Balaban J connectivity index is 2.02. The van der Waals surface area contributed by atoms with Crippen LogP contribution >= 0.6 is 22.7 Å². The summed E-state index contributed by atoms with van der Waals surface area (Å²) >= 11 is 3.71. The number of rotatable bonds is 8. The van der Waals surface area contributed by atoms with Crippen molar-refractivity contribution in [3.05, 3.63) is 46.8 Å². The van der Waals surface area contributed by atoms with Gasteiger partial charge in [-0.25, -0.2) is 0 Å². The van der Waals surface area contributed by atoms with E-state index in [0.717, 1.165) is 6.54 Å². The summed E-state index contributed by atoms with van der Waals surface area (Å²) in [5, 5.41) is 4.37. The first-order chi connectivity index (χ1) is 11.3. The summed E-state index contributed by atoms with van der Waals surface area (Å²) in [5.41, 5.74) is 4.41. The van der Waals surface area contributed by atoms with Gasteiger partial charge in [-0.1, -0.05) is 38.3 Å². The molecule has 0 atom stereocenters. The monoisotopic (exact) mass is 343 g/mol. The van der Waals surface area contributed by atoms with Crippen molar-refractivity contribution in [1.82, 2.24) is 4.57 Å². The van der Waals surface area contributed by atoms with Gasteiger partial charge in [-0.05, 0) is 48.2 Å². The number of thiophene rings is 2. The maximum atomic E-state index is 2.44. The van der Waals surface area contributed by atoms with Gasteiger partial charge in [0, 0.05) is 23.2 Å². The second-order valence-corrected chi connectivity index (χ2v) is 7.82. The zero-order chi connectivity index (χ0) is 16.1. The number of nitrogens with zero attached hydrogens (tertiary/aromatic N) is 1. The van der Waals surface area contributed by atoms with Crippen LogP contribution in [0.3, 0.4) is 0 Å². The van der Waals surface area contributed by atoms with Crippen molar-refractivity contribution < 1.29 is 0 Å². The Morgan fingerprint density at radius 3 is 2.26 bits per heavy atom. The first-order valence-corrected chi connectivity index (χ1v) is 10.4. The first-order valence-electron chi connectivity index (χ1n) is 8.64. The van der Waals surface area contributed by atoms with Gasteiger partial charge >= 0.3 is 0 Å². The number of unbranched alkanes of at least 4 members (excludes halogenated alkanes) is 3. The summed E-state index contributed by atoms with van der Waals surface area (Å²) in [6.07, 6.45) is 8.87. The van der Waals surface area contributed by atoms with Crippen LogP contribution in [-0.2, 0) is 13.0 Å². The van der Waals surface area contributed by atoms with Crippen molar-refractivity contribution in [3.63, 3.8) is 0 Å². The Kier molecular flexibility index (Phi) is 5.74. The van der Waals surface area contributed by atoms with E-state index in [1.54, 1.807) is 0 Å². The normalized spacial score (nSPS) is 11.2. The molecule has 0 N–H and O–H groups in total. The molecule has 0 bridgehead atoms. The predicted molar refractivity (Wildman–Crippen MR) is 105 cm³/mol. The van der Waals surface area contributed by atoms with E-state index >= 15 is 0 Å². The second kappa shape index (κ2) is 7.98. The van der Waals surface area contributed by atoms with E-state index < -0.39 is 0 Å². The molecule has 0 aliphatic heterocycles. The molecule has 0 aliphatic rings. The number of aromatic nitrogens is 1. The van der Waals surface area contributed by atoms with Crippen LogP contribution < -0.4 is 0 Å². The fourth-order valence-electron chi connectivity index (χ4n) is 3.17. The lowest BCUT2D eigenvalue weighted by Gasteiger charge is -2.08. The molecule has 3 heteroatoms. The van der Waals surface area contributed by atoms with Crippen molar-refractivity contribution in [1.29, 1.82) is 0 Å². The number of hydrogen-bond donors (Lipinski definition) is 0. The fraction of sp³-hybridized carbons (Fsp3) is 0.400. The highest BCUT2D eigenvalue weighted by Crippen LogP contribution is 2.41. The van der Waals surface area contributed by atoms with Crippen LogP contribution in [0.1, 0.15) is 45.1 Å². The summed E-state index contributed by atoms with van der Waals surface area (Å²) in [4.78, 5) is 2.79. The fourth-order valence-corrected chi connectivity index (χ4v) is 4.77. The maximum absolute atomic E-state index is 2.44. The van der Waals surface area contributed by atoms with E-state index in [1.807, 2.05) is 22.7 Å². The molecule has 0 spiro atoms. The quantitative estimate of drug-likeness (QED) is 0.385. The first kappa shape index (κ1) is 16.5. The smallest absolute Gasteiger partial charge is 0.0672 e. The Bertz CT molecular complexity index is 705. The van der Waals surface area contributed by atoms with Crippen molar-refractivity contribution in [2.45, 2.75) is 52.5 Å². The lowest BCUT2D eigenvalue weighted by molar-refractivity contribution is 0.665. The van der Waals surface area contributed by atoms with Gasteiger partial charge in [-0.2, -0.15) is 0 Å². The van der Waals surface area contributed by atoms with Crippen LogP contribution in [0.5, 0.6) is 0 Å². The van der Waals surface area contributed by atoms with Crippen molar-refractivity contribution in [2.75, 3.05) is 0 Å². The second-order valence-electron chi connectivity index (χ2n) is 5.93. The van der Waals surface area contributed by atoms with Gasteiger partial charge in [0.1, 0.15) is 0 Å². The predicted octanol–water partition coefficient (Wildman–Crippen LogP) is 7.09. The molecular formula is C20H25NS2. The van der Waals surface area contributed by atoms with Crippen molar-refractivity contribution in [2.24, 2.45) is 0 Å². The van der Waals surface area contributed by atoms with Gasteiger partial charge in [0.25, 0.3) is 0 Å². The molecule has 3 heterocycles. The third-order valence-electron chi connectivity index (χ3n) is 4.32. The van der Waals surface area contributed by atoms with Crippen LogP contribution in [0.4, 0.5) is 0 Å². The summed E-state index contributed by atoms with van der Waals surface area (Å²) in [7, 11) is 0. The lowest BCUT2D eigenvalue weighted by Crippen LogP contribution is -1.94. The van der Waals surface area contributed by atoms with Crippen LogP contribution in [0.15, 0.2) is 41.2 Å². The van der Waals surface area contributed by atoms with Gasteiger partial charge in [-0.15, -0.1) is 22.7 Å². The molecule has 0 aliphatic carbocycles. The minimum atomic E-state index is 1.03. The molecule has 0 aromatic carbocycles. The topological polar surface area (TPSA) is 4.93 Å². The molecular weight excluding hydrogens is 318 g/mol.